The average Bonchev–Trinajstić information content (AvgIpc) is 2.90. The van der Waals surface area contributed by atoms with Gasteiger partial charge in [0.25, 0.3) is 5.91 Å². The molecule has 8 heteroatoms. The van der Waals surface area contributed by atoms with Crippen molar-refractivity contribution in [3.05, 3.63) is 68.6 Å². The van der Waals surface area contributed by atoms with Crippen molar-refractivity contribution in [1.29, 1.82) is 0 Å². The van der Waals surface area contributed by atoms with Gasteiger partial charge in [-0.05, 0) is 47.1 Å². The third-order valence-corrected chi connectivity index (χ3v) is 4.08. The topological polar surface area (TPSA) is 64.4 Å². The maximum absolute atomic E-state index is 12.4. The predicted octanol–water partition coefficient (Wildman–Crippen LogP) is 6.10. The van der Waals surface area contributed by atoms with Crippen molar-refractivity contribution in [2.45, 2.75) is 6.92 Å². The summed E-state index contributed by atoms with van der Waals surface area (Å²) in [5.74, 6) is 0.388. The fourth-order valence-electron chi connectivity index (χ4n) is 2.09. The van der Waals surface area contributed by atoms with Crippen molar-refractivity contribution in [2.75, 3.05) is 5.32 Å². The summed E-state index contributed by atoms with van der Waals surface area (Å²) < 4.78 is 11.5. The minimum Gasteiger partial charge on any atom is -0.444 e. The maximum atomic E-state index is 12.4. The number of anilines is 1. The summed E-state index contributed by atoms with van der Waals surface area (Å²) in [6, 6.07) is 10.2. The van der Waals surface area contributed by atoms with Crippen LogP contribution in [0.25, 0.3) is 0 Å². The van der Waals surface area contributed by atoms with Crippen molar-refractivity contribution in [2.24, 2.45) is 0 Å². The third kappa shape index (κ3) is 4.15. The standard InChI is InChI=1S/C17H11BrCl2N2O3/c1-9-6-14(18)25-15(9)16(23)22-12-4-2-3-5-13(12)24-17-11(20)7-10(19)8-21-17/h2-8H,1H3,(H,22,23). The Balaban J connectivity index is 1.86. The zero-order chi connectivity index (χ0) is 18.0. The van der Waals surface area contributed by atoms with Crippen LogP contribution >= 0.6 is 39.1 Å². The summed E-state index contributed by atoms with van der Waals surface area (Å²) in [5.41, 5.74) is 1.16. The van der Waals surface area contributed by atoms with E-state index < -0.39 is 5.91 Å². The molecule has 0 radical (unpaired) electrons. The molecule has 2 aromatic heterocycles. The normalized spacial score (nSPS) is 10.6. The number of ether oxygens (including phenoxy) is 1. The van der Waals surface area contributed by atoms with E-state index in [1.807, 2.05) is 0 Å². The number of carbonyl (C=O) groups is 1. The van der Waals surface area contributed by atoms with E-state index in [9.17, 15) is 4.79 Å². The molecule has 0 bridgehead atoms. The van der Waals surface area contributed by atoms with Crippen LogP contribution in [0.1, 0.15) is 16.1 Å². The molecule has 0 atom stereocenters. The van der Waals surface area contributed by atoms with Gasteiger partial charge in [-0.3, -0.25) is 4.79 Å². The quantitative estimate of drug-likeness (QED) is 0.531. The Hall–Kier alpha value is -2.02. The second kappa shape index (κ2) is 7.47. The Morgan fingerprint density at radius 1 is 1.28 bits per heavy atom. The lowest BCUT2D eigenvalue weighted by atomic mass is 10.2. The maximum Gasteiger partial charge on any atom is 0.291 e. The van der Waals surface area contributed by atoms with Crippen molar-refractivity contribution in [3.63, 3.8) is 0 Å². The molecule has 128 valence electrons. The number of nitrogens with zero attached hydrogens (tertiary/aromatic N) is 1. The molecular formula is C17H11BrCl2N2O3. The number of hydrogen-bond acceptors (Lipinski definition) is 4. The molecule has 0 saturated carbocycles. The number of aromatic nitrogens is 1. The largest absolute Gasteiger partial charge is 0.444 e. The lowest BCUT2D eigenvalue weighted by molar-refractivity contribution is 0.0994. The highest BCUT2D eigenvalue weighted by Gasteiger charge is 2.17. The van der Waals surface area contributed by atoms with Gasteiger partial charge >= 0.3 is 0 Å². The number of pyridine rings is 1. The lowest BCUT2D eigenvalue weighted by Gasteiger charge is -2.12. The Labute approximate surface area is 162 Å². The molecule has 3 rings (SSSR count). The van der Waals surface area contributed by atoms with Gasteiger partial charge in [-0.15, -0.1) is 0 Å². The molecule has 1 amide bonds. The van der Waals surface area contributed by atoms with Crippen LogP contribution in [0.4, 0.5) is 5.69 Å². The van der Waals surface area contributed by atoms with Crippen LogP contribution in [0.2, 0.25) is 10.0 Å². The SMILES string of the molecule is Cc1cc(Br)oc1C(=O)Nc1ccccc1Oc1ncc(Cl)cc1Cl. The van der Waals surface area contributed by atoms with E-state index in [4.69, 9.17) is 32.4 Å². The van der Waals surface area contributed by atoms with E-state index in [1.54, 1.807) is 37.3 Å². The number of halogens is 3. The molecule has 3 aromatic rings. The third-order valence-electron chi connectivity index (χ3n) is 3.21. The van der Waals surface area contributed by atoms with Gasteiger partial charge in [0.1, 0.15) is 5.02 Å². The minimum absolute atomic E-state index is 0.185. The van der Waals surface area contributed by atoms with Crippen LogP contribution in [0.5, 0.6) is 11.6 Å². The molecule has 0 spiro atoms. The van der Waals surface area contributed by atoms with Crippen molar-refractivity contribution < 1.29 is 13.9 Å². The number of furan rings is 1. The van der Waals surface area contributed by atoms with Crippen LogP contribution in [-0.2, 0) is 0 Å². The van der Waals surface area contributed by atoms with Gasteiger partial charge in [-0.2, -0.15) is 0 Å². The van der Waals surface area contributed by atoms with Crippen molar-refractivity contribution in [3.8, 4) is 11.6 Å². The first-order chi connectivity index (χ1) is 11.9. The molecule has 1 aromatic carbocycles. The number of nitrogens with one attached hydrogen (secondary N) is 1. The summed E-state index contributed by atoms with van der Waals surface area (Å²) in [4.78, 5) is 16.5. The van der Waals surface area contributed by atoms with Gasteiger partial charge in [0.15, 0.2) is 16.2 Å². The molecule has 0 aliphatic carbocycles. The van der Waals surface area contributed by atoms with Gasteiger partial charge in [0.2, 0.25) is 5.88 Å². The van der Waals surface area contributed by atoms with Gasteiger partial charge < -0.3 is 14.5 Å². The zero-order valence-corrected chi connectivity index (χ0v) is 15.9. The molecule has 5 nitrogen and oxygen atoms in total. The van der Waals surface area contributed by atoms with Gasteiger partial charge in [-0.25, -0.2) is 4.98 Å². The number of para-hydroxylation sites is 2. The van der Waals surface area contributed by atoms with E-state index >= 15 is 0 Å². The minimum atomic E-state index is -0.394. The molecule has 0 unspecified atom stereocenters. The van der Waals surface area contributed by atoms with Crippen LogP contribution in [-0.4, -0.2) is 10.9 Å². The first-order valence-corrected chi connectivity index (χ1v) is 8.64. The van der Waals surface area contributed by atoms with Crippen LogP contribution < -0.4 is 10.1 Å². The van der Waals surface area contributed by atoms with Crippen LogP contribution in [0.3, 0.4) is 0 Å². The first kappa shape index (κ1) is 17.8. The summed E-state index contributed by atoms with van der Waals surface area (Å²) in [6.07, 6.45) is 1.42. The molecule has 1 N–H and O–H groups in total. The summed E-state index contributed by atoms with van der Waals surface area (Å²) in [6.45, 7) is 1.78. The number of hydrogen-bond donors (Lipinski definition) is 1. The van der Waals surface area contributed by atoms with E-state index in [2.05, 4.69) is 26.2 Å². The van der Waals surface area contributed by atoms with Crippen molar-refractivity contribution >= 4 is 50.7 Å². The Morgan fingerprint density at radius 2 is 2.04 bits per heavy atom. The number of carbonyl (C=O) groups excluding carboxylic acids is 1. The summed E-state index contributed by atoms with van der Waals surface area (Å²) >= 11 is 15.1. The van der Waals surface area contributed by atoms with Gasteiger partial charge in [-0.1, -0.05) is 35.3 Å². The Kier molecular flexibility index (Phi) is 5.32. The summed E-state index contributed by atoms with van der Waals surface area (Å²) in [7, 11) is 0. The Bertz CT molecular complexity index is 943. The highest BCUT2D eigenvalue weighted by atomic mass is 79.9. The van der Waals surface area contributed by atoms with E-state index in [0.717, 1.165) is 0 Å². The number of amides is 1. The molecule has 0 fully saturated rings. The second-order valence-electron chi connectivity index (χ2n) is 5.06. The molecular weight excluding hydrogens is 431 g/mol. The highest BCUT2D eigenvalue weighted by molar-refractivity contribution is 9.10. The van der Waals surface area contributed by atoms with E-state index in [1.165, 1.54) is 12.3 Å². The number of aryl methyl sites for hydroxylation is 1. The molecule has 2 heterocycles. The smallest absolute Gasteiger partial charge is 0.291 e. The van der Waals surface area contributed by atoms with E-state index in [-0.39, 0.29) is 16.7 Å². The van der Waals surface area contributed by atoms with E-state index in [0.29, 0.717) is 26.7 Å². The van der Waals surface area contributed by atoms with Crippen molar-refractivity contribution in [1.82, 2.24) is 4.98 Å². The average molecular weight is 442 g/mol. The van der Waals surface area contributed by atoms with Crippen LogP contribution in [0, 0.1) is 6.92 Å². The number of rotatable bonds is 4. The first-order valence-electron chi connectivity index (χ1n) is 7.09. The van der Waals surface area contributed by atoms with Gasteiger partial charge in [0.05, 0.1) is 10.7 Å². The van der Waals surface area contributed by atoms with Crippen LogP contribution in [0.15, 0.2) is 51.7 Å². The monoisotopic (exact) mass is 440 g/mol. The molecule has 0 aliphatic rings. The molecule has 25 heavy (non-hydrogen) atoms. The molecule has 0 saturated heterocycles. The molecule has 0 aliphatic heterocycles. The Morgan fingerprint density at radius 3 is 2.72 bits per heavy atom. The second-order valence-corrected chi connectivity index (χ2v) is 6.68. The predicted molar refractivity (Wildman–Crippen MR) is 99.9 cm³/mol. The zero-order valence-electron chi connectivity index (χ0n) is 12.8. The highest BCUT2D eigenvalue weighted by Crippen LogP contribution is 2.33. The summed E-state index contributed by atoms with van der Waals surface area (Å²) in [5, 5.41) is 3.42. The van der Waals surface area contributed by atoms with Gasteiger partial charge in [0, 0.05) is 11.8 Å². The lowest BCUT2D eigenvalue weighted by Crippen LogP contribution is -2.12. The fraction of sp³-hybridized carbons (Fsp3) is 0.0588. The number of benzene rings is 1. The fourth-order valence-corrected chi connectivity index (χ4v) is 3.01.